The van der Waals surface area contributed by atoms with Crippen molar-refractivity contribution in [3.8, 4) is 11.5 Å². The van der Waals surface area contributed by atoms with Gasteiger partial charge in [-0.2, -0.15) is 0 Å². The van der Waals surface area contributed by atoms with E-state index in [0.29, 0.717) is 10.6 Å². The Balaban J connectivity index is 2.46. The number of hydrogen-bond acceptors (Lipinski definition) is 4. The number of carbonyl (C=O) groups is 1. The molecule has 20 heavy (non-hydrogen) atoms. The van der Waals surface area contributed by atoms with Crippen LogP contribution in [0.5, 0.6) is 0 Å². The Hall–Kier alpha value is -1.95. The zero-order chi connectivity index (χ0) is 14.7. The fraction of sp³-hybridized carbons (Fsp3) is 0.231. The maximum absolute atomic E-state index is 12.9. The Labute approximate surface area is 118 Å². The average molecular weight is 302 g/mol. The molecule has 0 aliphatic heterocycles. The van der Waals surface area contributed by atoms with Crippen LogP contribution < -0.4 is 0 Å². The topological polar surface area (TPSA) is 52.3 Å². The van der Waals surface area contributed by atoms with Crippen LogP contribution in [0.15, 0.2) is 28.7 Å². The molecule has 0 N–H and O–H groups in total. The van der Waals surface area contributed by atoms with E-state index in [1.807, 2.05) is 0 Å². The van der Waals surface area contributed by atoms with Crippen molar-refractivity contribution in [3.63, 3.8) is 0 Å². The van der Waals surface area contributed by atoms with E-state index >= 15 is 0 Å². The molecule has 0 radical (unpaired) electrons. The van der Waals surface area contributed by atoms with Gasteiger partial charge in [0, 0.05) is 10.6 Å². The summed E-state index contributed by atoms with van der Waals surface area (Å²) in [5.74, 6) is -1.66. The maximum atomic E-state index is 12.9. The third kappa shape index (κ3) is 2.96. The summed E-state index contributed by atoms with van der Waals surface area (Å²) in [6, 6.07) is 6.32. The molecule has 0 saturated heterocycles. The van der Waals surface area contributed by atoms with Crippen molar-refractivity contribution in [3.05, 3.63) is 40.7 Å². The quantitative estimate of drug-likeness (QED) is 0.797. The SMILES string of the molecule is CCOC(=O)c1oc(-c2cccc(Cl)c2)nc1C(F)F. The van der Waals surface area contributed by atoms with Crippen molar-refractivity contribution in [1.82, 2.24) is 4.98 Å². The van der Waals surface area contributed by atoms with Crippen LogP contribution in [0.2, 0.25) is 5.02 Å². The van der Waals surface area contributed by atoms with E-state index in [9.17, 15) is 13.6 Å². The van der Waals surface area contributed by atoms with Gasteiger partial charge in [0.05, 0.1) is 6.61 Å². The Morgan fingerprint density at radius 1 is 1.50 bits per heavy atom. The predicted octanol–water partition coefficient (Wildman–Crippen LogP) is 4.11. The van der Waals surface area contributed by atoms with Crippen LogP contribution in [0, 0.1) is 0 Å². The third-order valence-electron chi connectivity index (χ3n) is 2.39. The van der Waals surface area contributed by atoms with Crippen molar-refractivity contribution in [2.45, 2.75) is 13.3 Å². The Bertz CT molecular complexity index is 628. The van der Waals surface area contributed by atoms with Gasteiger partial charge in [-0.1, -0.05) is 17.7 Å². The lowest BCUT2D eigenvalue weighted by atomic mass is 10.2. The molecule has 2 aromatic rings. The lowest BCUT2D eigenvalue weighted by molar-refractivity contribution is 0.0476. The largest absolute Gasteiger partial charge is 0.460 e. The van der Waals surface area contributed by atoms with Crippen LogP contribution >= 0.6 is 11.6 Å². The Kier molecular flexibility index (Phi) is 4.34. The van der Waals surface area contributed by atoms with E-state index in [0.717, 1.165) is 0 Å². The number of oxazole rings is 1. The third-order valence-corrected chi connectivity index (χ3v) is 2.63. The Morgan fingerprint density at radius 2 is 2.25 bits per heavy atom. The van der Waals surface area contributed by atoms with E-state index in [1.165, 1.54) is 6.07 Å². The second-order valence-corrected chi connectivity index (χ2v) is 4.20. The Morgan fingerprint density at radius 3 is 2.85 bits per heavy atom. The highest BCUT2D eigenvalue weighted by atomic mass is 35.5. The highest BCUT2D eigenvalue weighted by Gasteiger charge is 2.28. The molecule has 0 bridgehead atoms. The summed E-state index contributed by atoms with van der Waals surface area (Å²) < 4.78 is 35.5. The van der Waals surface area contributed by atoms with Crippen LogP contribution in [-0.4, -0.2) is 17.6 Å². The van der Waals surface area contributed by atoms with Gasteiger partial charge in [-0.05, 0) is 25.1 Å². The van der Waals surface area contributed by atoms with Gasteiger partial charge in [0.25, 0.3) is 6.43 Å². The summed E-state index contributed by atoms with van der Waals surface area (Å²) in [4.78, 5) is 15.2. The van der Waals surface area contributed by atoms with Gasteiger partial charge >= 0.3 is 5.97 Å². The number of benzene rings is 1. The lowest BCUT2D eigenvalue weighted by Crippen LogP contribution is -2.06. The molecular formula is C13H10ClF2NO3. The van der Waals surface area contributed by atoms with Crippen LogP contribution in [0.25, 0.3) is 11.5 Å². The molecule has 1 aromatic heterocycles. The van der Waals surface area contributed by atoms with Gasteiger partial charge in [0.1, 0.15) is 0 Å². The summed E-state index contributed by atoms with van der Waals surface area (Å²) in [5.41, 5.74) is -0.339. The van der Waals surface area contributed by atoms with Crippen LogP contribution in [0.1, 0.15) is 29.6 Å². The molecular weight excluding hydrogens is 292 g/mol. The first-order valence-corrected chi connectivity index (χ1v) is 6.12. The van der Waals surface area contributed by atoms with Crippen molar-refractivity contribution in [1.29, 1.82) is 0 Å². The summed E-state index contributed by atoms with van der Waals surface area (Å²) in [6.07, 6.45) is -2.94. The number of carbonyl (C=O) groups excluding carboxylic acids is 1. The van der Waals surface area contributed by atoms with Crippen LogP contribution in [-0.2, 0) is 4.74 Å². The van der Waals surface area contributed by atoms with Crippen molar-refractivity contribution >= 4 is 17.6 Å². The number of alkyl halides is 2. The summed E-state index contributed by atoms with van der Waals surface area (Å²) in [5, 5.41) is 0.400. The zero-order valence-electron chi connectivity index (χ0n) is 10.4. The first-order chi connectivity index (χ1) is 9.52. The van der Waals surface area contributed by atoms with Crippen LogP contribution in [0.3, 0.4) is 0 Å². The van der Waals surface area contributed by atoms with Crippen molar-refractivity contribution in [2.24, 2.45) is 0 Å². The van der Waals surface area contributed by atoms with Gasteiger partial charge in [-0.3, -0.25) is 0 Å². The monoisotopic (exact) mass is 301 g/mol. The molecule has 0 aliphatic carbocycles. The number of nitrogens with zero attached hydrogens (tertiary/aromatic N) is 1. The molecule has 1 aromatic carbocycles. The average Bonchev–Trinajstić information content (AvgIpc) is 2.84. The smallest absolute Gasteiger partial charge is 0.376 e. The predicted molar refractivity (Wildman–Crippen MR) is 67.9 cm³/mol. The fourth-order valence-electron chi connectivity index (χ4n) is 1.57. The fourth-order valence-corrected chi connectivity index (χ4v) is 1.76. The first-order valence-electron chi connectivity index (χ1n) is 5.74. The molecule has 0 saturated carbocycles. The van der Waals surface area contributed by atoms with E-state index < -0.39 is 23.8 Å². The molecule has 0 spiro atoms. The highest BCUT2D eigenvalue weighted by Crippen LogP contribution is 2.29. The molecule has 2 rings (SSSR count). The van der Waals surface area contributed by atoms with Gasteiger partial charge in [0.15, 0.2) is 5.69 Å². The van der Waals surface area contributed by atoms with Gasteiger partial charge < -0.3 is 9.15 Å². The molecule has 0 amide bonds. The molecule has 1 heterocycles. The number of ether oxygens (including phenoxy) is 1. The van der Waals surface area contributed by atoms with E-state index in [4.69, 9.17) is 16.0 Å². The summed E-state index contributed by atoms with van der Waals surface area (Å²) >= 11 is 5.81. The van der Waals surface area contributed by atoms with E-state index in [-0.39, 0.29) is 12.5 Å². The highest BCUT2D eigenvalue weighted by molar-refractivity contribution is 6.30. The van der Waals surface area contributed by atoms with Gasteiger partial charge in [-0.25, -0.2) is 18.6 Å². The lowest BCUT2D eigenvalue weighted by Gasteiger charge is -1.99. The van der Waals surface area contributed by atoms with Gasteiger partial charge in [-0.15, -0.1) is 0 Å². The van der Waals surface area contributed by atoms with E-state index in [1.54, 1.807) is 25.1 Å². The second-order valence-electron chi connectivity index (χ2n) is 3.76. The normalized spacial score (nSPS) is 10.8. The minimum Gasteiger partial charge on any atom is -0.460 e. The number of hydrogen-bond donors (Lipinski definition) is 0. The molecule has 0 unspecified atom stereocenters. The van der Waals surface area contributed by atoms with Crippen molar-refractivity contribution < 1.29 is 22.7 Å². The summed E-state index contributed by atoms with van der Waals surface area (Å²) in [7, 11) is 0. The van der Waals surface area contributed by atoms with Crippen molar-refractivity contribution in [2.75, 3.05) is 6.61 Å². The summed E-state index contributed by atoms with van der Waals surface area (Å²) in [6.45, 7) is 1.61. The van der Waals surface area contributed by atoms with E-state index in [2.05, 4.69) is 9.72 Å². The van der Waals surface area contributed by atoms with Gasteiger partial charge in [0.2, 0.25) is 11.7 Å². The number of halogens is 3. The standard InChI is InChI=1S/C13H10ClF2NO3/c1-2-19-13(18)10-9(11(15)16)17-12(20-10)7-4-3-5-8(14)6-7/h3-6,11H,2H2,1H3. The first kappa shape index (κ1) is 14.5. The minimum atomic E-state index is -2.94. The number of aromatic nitrogens is 1. The molecule has 0 atom stereocenters. The molecule has 106 valence electrons. The molecule has 0 aliphatic rings. The second kappa shape index (κ2) is 6.00. The molecule has 7 heteroatoms. The van der Waals surface area contributed by atoms with Crippen LogP contribution in [0.4, 0.5) is 8.78 Å². The zero-order valence-corrected chi connectivity index (χ0v) is 11.2. The maximum Gasteiger partial charge on any atom is 0.376 e. The minimum absolute atomic E-state index is 0.0503. The number of rotatable bonds is 4. The number of esters is 1. The molecule has 4 nitrogen and oxygen atoms in total. The molecule has 0 fully saturated rings.